The van der Waals surface area contributed by atoms with Crippen molar-refractivity contribution in [1.82, 2.24) is 4.98 Å². The highest BCUT2D eigenvalue weighted by molar-refractivity contribution is 6.64. The maximum atomic E-state index is 8.93. The van der Waals surface area contributed by atoms with Crippen LogP contribution < -0.4 is 5.32 Å². The van der Waals surface area contributed by atoms with Crippen molar-refractivity contribution in [1.29, 1.82) is 10.7 Å². The van der Waals surface area contributed by atoms with Gasteiger partial charge in [-0.3, -0.25) is 5.41 Å². The molecule has 106 valence electrons. The Hall–Kier alpha value is -1.60. The van der Waals surface area contributed by atoms with Gasteiger partial charge in [-0.1, -0.05) is 24.4 Å². The van der Waals surface area contributed by atoms with Gasteiger partial charge in [-0.05, 0) is 37.8 Å². The summed E-state index contributed by atoms with van der Waals surface area (Å²) in [5.41, 5.74) is 1.32. The Morgan fingerprint density at radius 3 is 2.80 bits per heavy atom. The smallest absolute Gasteiger partial charge is 0.126 e. The van der Waals surface area contributed by atoms with Crippen molar-refractivity contribution in [2.45, 2.75) is 45.1 Å². The molecule has 0 radical (unpaired) electrons. The quantitative estimate of drug-likeness (QED) is 0.809. The van der Waals surface area contributed by atoms with Gasteiger partial charge in [0.1, 0.15) is 11.9 Å². The van der Waals surface area contributed by atoms with Crippen molar-refractivity contribution in [2.24, 2.45) is 5.92 Å². The first-order chi connectivity index (χ1) is 9.60. The maximum absolute atomic E-state index is 8.93. The third kappa shape index (κ3) is 3.71. The van der Waals surface area contributed by atoms with Crippen LogP contribution in [0.5, 0.6) is 0 Å². The van der Waals surface area contributed by atoms with Crippen LogP contribution in [-0.2, 0) is 0 Å². The summed E-state index contributed by atoms with van der Waals surface area (Å²) in [6.45, 7) is 1.83. The second kappa shape index (κ2) is 6.71. The van der Waals surface area contributed by atoms with Gasteiger partial charge in [-0.15, -0.1) is 0 Å². The predicted octanol–water partition coefficient (Wildman–Crippen LogP) is 3.84. The van der Waals surface area contributed by atoms with E-state index in [1.54, 1.807) is 6.07 Å². The molecule has 0 spiro atoms. The minimum atomic E-state index is 0.155. The highest BCUT2D eigenvalue weighted by atomic mass is 35.5. The molecule has 2 rings (SSSR count). The van der Waals surface area contributed by atoms with Crippen molar-refractivity contribution >= 4 is 22.6 Å². The third-order valence-corrected chi connectivity index (χ3v) is 4.06. The second-order valence-corrected chi connectivity index (χ2v) is 5.80. The Morgan fingerprint density at radius 2 is 2.25 bits per heavy atom. The van der Waals surface area contributed by atoms with E-state index >= 15 is 0 Å². The molecule has 0 amide bonds. The molecule has 0 unspecified atom stereocenters. The number of halogens is 1. The fraction of sp³-hybridized carbons (Fsp3) is 0.533. The Bertz CT molecular complexity index is 529. The summed E-state index contributed by atoms with van der Waals surface area (Å²) in [7, 11) is 0. The van der Waals surface area contributed by atoms with Gasteiger partial charge in [0.2, 0.25) is 0 Å². The first kappa shape index (κ1) is 14.8. The Labute approximate surface area is 124 Å². The molecule has 0 aliphatic heterocycles. The topological polar surface area (TPSA) is 72.6 Å². The van der Waals surface area contributed by atoms with E-state index < -0.39 is 0 Å². The molecule has 5 heteroatoms. The molecule has 4 nitrogen and oxygen atoms in total. The lowest BCUT2D eigenvalue weighted by atomic mass is 9.95. The average molecular weight is 291 g/mol. The average Bonchev–Trinajstić information content (AvgIpc) is 2.91. The van der Waals surface area contributed by atoms with Crippen LogP contribution in [0.15, 0.2) is 12.1 Å². The van der Waals surface area contributed by atoms with Gasteiger partial charge < -0.3 is 5.32 Å². The van der Waals surface area contributed by atoms with Gasteiger partial charge in [-0.2, -0.15) is 5.26 Å². The van der Waals surface area contributed by atoms with E-state index in [1.165, 1.54) is 25.7 Å². The lowest BCUT2D eigenvalue weighted by molar-refractivity contribution is 0.465. The monoisotopic (exact) mass is 290 g/mol. The van der Waals surface area contributed by atoms with Crippen LogP contribution in [-0.4, -0.2) is 16.2 Å². The number of nitrogens with zero attached hydrogens (tertiary/aromatic N) is 2. The summed E-state index contributed by atoms with van der Waals surface area (Å²) in [4.78, 5) is 4.42. The van der Waals surface area contributed by atoms with E-state index in [1.807, 2.05) is 13.0 Å². The normalized spacial score (nSPS) is 16.6. The number of aryl methyl sites for hydroxylation is 1. The number of rotatable bonds is 5. The molecule has 1 aromatic rings. The van der Waals surface area contributed by atoms with Crippen molar-refractivity contribution in [3.8, 4) is 6.07 Å². The molecule has 0 aromatic carbocycles. The number of nitrogens with one attached hydrogen (secondary N) is 2. The summed E-state index contributed by atoms with van der Waals surface area (Å²) in [6.07, 6.45) is 5.39. The largest absolute Gasteiger partial charge is 0.367 e. The van der Waals surface area contributed by atoms with Crippen molar-refractivity contribution < 1.29 is 0 Å². The summed E-state index contributed by atoms with van der Waals surface area (Å²) in [5.74, 6) is 1.31. The highest BCUT2D eigenvalue weighted by Gasteiger charge is 2.26. The zero-order valence-electron chi connectivity index (χ0n) is 11.6. The van der Waals surface area contributed by atoms with Gasteiger partial charge in [0, 0.05) is 12.5 Å². The molecular formula is C15H19ClN4. The van der Waals surface area contributed by atoms with Gasteiger partial charge in [0.15, 0.2) is 0 Å². The van der Waals surface area contributed by atoms with Crippen molar-refractivity contribution in [3.63, 3.8) is 0 Å². The fourth-order valence-corrected chi connectivity index (χ4v) is 3.00. The number of aromatic nitrogens is 1. The minimum Gasteiger partial charge on any atom is -0.367 e. The molecule has 1 atom stereocenters. The Morgan fingerprint density at radius 1 is 1.55 bits per heavy atom. The van der Waals surface area contributed by atoms with Crippen LogP contribution >= 0.6 is 11.6 Å². The van der Waals surface area contributed by atoms with Gasteiger partial charge in [-0.25, -0.2) is 4.98 Å². The van der Waals surface area contributed by atoms with Crippen LogP contribution in [0.3, 0.4) is 0 Å². The van der Waals surface area contributed by atoms with Crippen LogP contribution in [0, 0.1) is 29.6 Å². The van der Waals surface area contributed by atoms with Crippen LogP contribution in [0.1, 0.15) is 43.4 Å². The van der Waals surface area contributed by atoms with Gasteiger partial charge in [0.05, 0.1) is 16.4 Å². The Kier molecular flexibility index (Phi) is 4.97. The first-order valence-corrected chi connectivity index (χ1v) is 7.35. The number of anilines is 1. The molecule has 1 aliphatic carbocycles. The minimum absolute atomic E-state index is 0.155. The van der Waals surface area contributed by atoms with E-state index in [9.17, 15) is 0 Å². The standard InChI is InChI=1S/C15H19ClN4/c1-10-12(9-17)6-7-15(19-10)20-13(8-14(16)18)11-4-2-3-5-11/h6-7,11,13,18H,2-5,8H2,1H3,(H,19,20)/t13-/m1/s1. The summed E-state index contributed by atoms with van der Waals surface area (Å²) >= 11 is 5.78. The predicted molar refractivity (Wildman–Crippen MR) is 81.3 cm³/mol. The maximum Gasteiger partial charge on any atom is 0.126 e. The summed E-state index contributed by atoms with van der Waals surface area (Å²) in [5, 5.41) is 20.0. The van der Waals surface area contributed by atoms with E-state index in [2.05, 4.69) is 16.4 Å². The third-order valence-electron chi connectivity index (χ3n) is 3.91. The summed E-state index contributed by atoms with van der Waals surface area (Å²) < 4.78 is 0. The highest BCUT2D eigenvalue weighted by Crippen LogP contribution is 2.31. The van der Waals surface area contributed by atoms with Crippen molar-refractivity contribution in [2.75, 3.05) is 5.32 Å². The lowest BCUT2D eigenvalue weighted by Gasteiger charge is -2.24. The zero-order chi connectivity index (χ0) is 14.5. The summed E-state index contributed by atoms with van der Waals surface area (Å²) in [6, 6.07) is 5.88. The first-order valence-electron chi connectivity index (χ1n) is 6.97. The molecule has 1 saturated carbocycles. The number of hydrogen-bond donors (Lipinski definition) is 2. The molecule has 1 fully saturated rings. The molecule has 1 heterocycles. The fourth-order valence-electron chi connectivity index (χ4n) is 2.84. The molecule has 1 aromatic heterocycles. The lowest BCUT2D eigenvalue weighted by Crippen LogP contribution is -2.29. The van der Waals surface area contributed by atoms with Crippen LogP contribution in [0.4, 0.5) is 5.82 Å². The van der Waals surface area contributed by atoms with E-state index in [0.717, 1.165) is 11.5 Å². The Balaban J connectivity index is 2.12. The number of pyridine rings is 1. The molecule has 0 saturated heterocycles. The zero-order valence-corrected chi connectivity index (χ0v) is 12.4. The second-order valence-electron chi connectivity index (χ2n) is 5.35. The molecule has 1 aliphatic rings. The van der Waals surface area contributed by atoms with Gasteiger partial charge >= 0.3 is 0 Å². The van der Waals surface area contributed by atoms with E-state index in [4.69, 9.17) is 22.3 Å². The molecule has 0 bridgehead atoms. The van der Waals surface area contributed by atoms with Crippen LogP contribution in [0.2, 0.25) is 0 Å². The van der Waals surface area contributed by atoms with Crippen LogP contribution in [0.25, 0.3) is 0 Å². The molecule has 20 heavy (non-hydrogen) atoms. The van der Waals surface area contributed by atoms with Crippen molar-refractivity contribution in [3.05, 3.63) is 23.4 Å². The SMILES string of the molecule is Cc1nc(N[C@H](CC(=N)Cl)C2CCCC2)ccc1C#N. The number of nitriles is 1. The molecule has 2 N–H and O–H groups in total. The number of hydrogen-bond acceptors (Lipinski definition) is 4. The van der Waals surface area contributed by atoms with Gasteiger partial charge in [0.25, 0.3) is 0 Å². The molecular weight excluding hydrogens is 272 g/mol. The van der Waals surface area contributed by atoms with E-state index in [-0.39, 0.29) is 11.2 Å². The van der Waals surface area contributed by atoms with E-state index in [0.29, 0.717) is 17.9 Å².